The van der Waals surface area contributed by atoms with Crippen LogP contribution < -0.4 is 5.32 Å². The zero-order valence-electron chi connectivity index (χ0n) is 13.1. The molecule has 3 heteroatoms. The van der Waals surface area contributed by atoms with E-state index in [2.05, 4.69) is 43.2 Å². The van der Waals surface area contributed by atoms with Gasteiger partial charge in [-0.3, -0.25) is 4.79 Å². The summed E-state index contributed by atoms with van der Waals surface area (Å²) >= 11 is 0. The molecule has 3 nitrogen and oxygen atoms in total. The first-order chi connectivity index (χ1) is 9.43. The van der Waals surface area contributed by atoms with Crippen molar-refractivity contribution in [3.63, 3.8) is 0 Å². The van der Waals surface area contributed by atoms with Gasteiger partial charge in [0.15, 0.2) is 0 Å². The summed E-state index contributed by atoms with van der Waals surface area (Å²) in [5.74, 6) is 0.116. The zero-order chi connectivity index (χ0) is 14.9. The third-order valence-electron chi connectivity index (χ3n) is 3.83. The van der Waals surface area contributed by atoms with Gasteiger partial charge in [-0.15, -0.1) is 0 Å². The van der Waals surface area contributed by atoms with Crippen molar-refractivity contribution in [1.82, 2.24) is 10.3 Å². The van der Waals surface area contributed by atoms with Gasteiger partial charge in [-0.2, -0.15) is 0 Å². The number of hydrogen-bond donors (Lipinski definition) is 2. The summed E-state index contributed by atoms with van der Waals surface area (Å²) in [7, 11) is 0. The highest BCUT2D eigenvalue weighted by atomic mass is 16.1. The van der Waals surface area contributed by atoms with Crippen LogP contribution in [0.25, 0.3) is 10.9 Å². The average molecular weight is 272 g/mol. The molecule has 0 aliphatic rings. The van der Waals surface area contributed by atoms with Gasteiger partial charge < -0.3 is 10.3 Å². The molecule has 0 saturated heterocycles. The van der Waals surface area contributed by atoms with Gasteiger partial charge >= 0.3 is 0 Å². The van der Waals surface area contributed by atoms with Crippen molar-refractivity contribution >= 4 is 16.8 Å². The smallest absolute Gasteiger partial charge is 0.222 e. The van der Waals surface area contributed by atoms with Crippen LogP contribution in [0.2, 0.25) is 0 Å². The van der Waals surface area contributed by atoms with Crippen molar-refractivity contribution in [2.24, 2.45) is 5.92 Å². The maximum Gasteiger partial charge on any atom is 0.222 e. The number of hydrogen-bond acceptors (Lipinski definition) is 1. The van der Waals surface area contributed by atoms with Gasteiger partial charge in [-0.05, 0) is 37.5 Å². The van der Waals surface area contributed by atoms with Crippen molar-refractivity contribution in [1.29, 1.82) is 0 Å². The Labute approximate surface area is 120 Å². The van der Waals surface area contributed by atoms with E-state index in [1.807, 2.05) is 13.8 Å². The van der Waals surface area contributed by atoms with E-state index in [1.54, 1.807) is 0 Å². The first-order valence-electron chi connectivity index (χ1n) is 7.32. The Morgan fingerprint density at radius 1 is 1.30 bits per heavy atom. The first-order valence-corrected chi connectivity index (χ1v) is 7.32. The van der Waals surface area contributed by atoms with Crippen molar-refractivity contribution in [3.8, 4) is 0 Å². The molecule has 0 bridgehead atoms. The Hall–Kier alpha value is -1.77. The van der Waals surface area contributed by atoms with Crippen LogP contribution >= 0.6 is 0 Å². The lowest BCUT2D eigenvalue weighted by molar-refractivity contribution is -0.124. The molecule has 1 heterocycles. The highest BCUT2D eigenvalue weighted by Gasteiger charge is 2.12. The minimum atomic E-state index is 0.0203. The average Bonchev–Trinajstić information content (AvgIpc) is 2.72. The number of nitrogens with one attached hydrogen (secondary N) is 2. The van der Waals surface area contributed by atoms with Crippen molar-refractivity contribution in [3.05, 3.63) is 34.5 Å². The third kappa shape index (κ3) is 2.72. The second kappa shape index (κ2) is 5.70. The predicted molar refractivity (Wildman–Crippen MR) is 83.8 cm³/mol. The molecule has 0 radical (unpaired) electrons. The summed E-state index contributed by atoms with van der Waals surface area (Å²) in [5.41, 5.74) is 6.16. The number of H-pyrrole nitrogens is 1. The second-order valence-electron chi connectivity index (χ2n) is 5.80. The highest BCUT2D eigenvalue weighted by molar-refractivity contribution is 5.88. The van der Waals surface area contributed by atoms with E-state index in [4.69, 9.17) is 0 Å². The molecule has 2 aromatic rings. The van der Waals surface area contributed by atoms with Crippen LogP contribution in [0.5, 0.6) is 0 Å². The molecule has 0 spiro atoms. The minimum Gasteiger partial charge on any atom is -0.358 e. The van der Waals surface area contributed by atoms with Crippen LogP contribution in [0.15, 0.2) is 12.1 Å². The maximum absolute atomic E-state index is 11.7. The number of aromatic amines is 1. The molecule has 0 fully saturated rings. The molecular weight excluding hydrogens is 248 g/mol. The Morgan fingerprint density at radius 3 is 2.60 bits per heavy atom. The van der Waals surface area contributed by atoms with E-state index in [0.29, 0.717) is 6.54 Å². The van der Waals surface area contributed by atoms with Gasteiger partial charge in [0.05, 0.1) is 5.52 Å². The molecule has 108 valence electrons. The van der Waals surface area contributed by atoms with Crippen LogP contribution in [0.1, 0.15) is 43.2 Å². The summed E-state index contributed by atoms with van der Waals surface area (Å²) in [6.07, 6.45) is 0.997. The van der Waals surface area contributed by atoms with E-state index in [1.165, 1.54) is 22.2 Å². The van der Waals surface area contributed by atoms with Crippen molar-refractivity contribution in [2.75, 3.05) is 0 Å². The maximum atomic E-state index is 11.7. The van der Waals surface area contributed by atoms with Gasteiger partial charge in [-0.1, -0.05) is 32.4 Å². The fraction of sp³-hybridized carbons (Fsp3) is 0.471. The first kappa shape index (κ1) is 14.6. The van der Waals surface area contributed by atoms with E-state index < -0.39 is 0 Å². The second-order valence-corrected chi connectivity index (χ2v) is 5.80. The number of carbonyl (C=O) groups is 1. The fourth-order valence-corrected chi connectivity index (χ4v) is 2.59. The largest absolute Gasteiger partial charge is 0.358 e. The number of benzene rings is 1. The van der Waals surface area contributed by atoms with Gasteiger partial charge in [0.25, 0.3) is 0 Å². The Morgan fingerprint density at radius 2 is 2.00 bits per heavy atom. The van der Waals surface area contributed by atoms with E-state index in [9.17, 15) is 4.79 Å². The number of aromatic nitrogens is 1. The van der Waals surface area contributed by atoms with Gasteiger partial charge in [0, 0.05) is 23.5 Å². The molecule has 0 atom stereocenters. The van der Waals surface area contributed by atoms with E-state index >= 15 is 0 Å². The standard InChI is InChI=1S/C17H24N2O/c1-6-15-12(5)14-8-11(4)7-13(16(14)19-15)9-18-17(20)10(2)3/h7-8,10,19H,6,9H2,1-5H3,(H,18,20). The van der Waals surface area contributed by atoms with Crippen molar-refractivity contribution < 1.29 is 4.79 Å². The van der Waals surface area contributed by atoms with Crippen LogP contribution in [0.4, 0.5) is 0 Å². The molecule has 0 unspecified atom stereocenters. The van der Waals surface area contributed by atoms with Gasteiger partial charge in [0.2, 0.25) is 5.91 Å². The fourth-order valence-electron chi connectivity index (χ4n) is 2.59. The molecule has 2 N–H and O–H groups in total. The van der Waals surface area contributed by atoms with Crippen LogP contribution in [0.3, 0.4) is 0 Å². The molecule has 0 aliphatic carbocycles. The minimum absolute atomic E-state index is 0.0203. The lowest BCUT2D eigenvalue weighted by Crippen LogP contribution is -2.27. The molecule has 1 aromatic heterocycles. The van der Waals surface area contributed by atoms with Crippen LogP contribution in [-0.2, 0) is 17.8 Å². The Bertz CT molecular complexity index is 638. The van der Waals surface area contributed by atoms with Crippen molar-refractivity contribution in [2.45, 2.75) is 47.6 Å². The Kier molecular flexibility index (Phi) is 4.17. The summed E-state index contributed by atoms with van der Waals surface area (Å²) < 4.78 is 0. The molecule has 0 aliphatic heterocycles. The number of carbonyl (C=O) groups excluding carboxylic acids is 1. The SMILES string of the molecule is CCc1[nH]c2c(CNC(=O)C(C)C)cc(C)cc2c1C. The summed E-state index contributed by atoms with van der Waals surface area (Å²) in [6.45, 7) is 10.8. The van der Waals surface area contributed by atoms with E-state index in [-0.39, 0.29) is 11.8 Å². The predicted octanol–water partition coefficient (Wildman–Crippen LogP) is 3.62. The summed E-state index contributed by atoms with van der Waals surface area (Å²) in [4.78, 5) is 15.3. The normalized spacial score (nSPS) is 11.3. The number of rotatable bonds is 4. The number of amides is 1. The van der Waals surface area contributed by atoms with Gasteiger partial charge in [-0.25, -0.2) is 0 Å². The third-order valence-corrected chi connectivity index (χ3v) is 3.83. The number of fused-ring (bicyclic) bond motifs is 1. The zero-order valence-corrected chi connectivity index (χ0v) is 13.1. The summed E-state index contributed by atoms with van der Waals surface area (Å²) in [5, 5.41) is 4.28. The number of aryl methyl sites for hydroxylation is 3. The molecule has 1 amide bonds. The van der Waals surface area contributed by atoms with Crippen LogP contribution in [0, 0.1) is 19.8 Å². The molecule has 1 aromatic carbocycles. The lowest BCUT2D eigenvalue weighted by Gasteiger charge is -2.09. The molecular formula is C17H24N2O. The monoisotopic (exact) mass is 272 g/mol. The lowest BCUT2D eigenvalue weighted by atomic mass is 10.0. The summed E-state index contributed by atoms with van der Waals surface area (Å²) in [6, 6.07) is 4.37. The molecule has 20 heavy (non-hydrogen) atoms. The van der Waals surface area contributed by atoms with E-state index in [0.717, 1.165) is 17.5 Å². The van der Waals surface area contributed by atoms with Crippen LogP contribution in [-0.4, -0.2) is 10.9 Å². The molecule has 0 saturated carbocycles. The van der Waals surface area contributed by atoms with Gasteiger partial charge in [0.1, 0.15) is 0 Å². The highest BCUT2D eigenvalue weighted by Crippen LogP contribution is 2.26. The topological polar surface area (TPSA) is 44.9 Å². The quantitative estimate of drug-likeness (QED) is 0.877. The molecule has 2 rings (SSSR count). The Balaban J connectivity index is 2.40.